The summed E-state index contributed by atoms with van der Waals surface area (Å²) in [6, 6.07) is 25.2. The summed E-state index contributed by atoms with van der Waals surface area (Å²) >= 11 is 0. The van der Waals surface area contributed by atoms with Gasteiger partial charge in [0, 0.05) is 55.4 Å². The van der Waals surface area contributed by atoms with Gasteiger partial charge in [-0.05, 0) is 46.9 Å². The molecule has 0 radical (unpaired) electrons. The van der Waals surface area contributed by atoms with Gasteiger partial charge in [-0.15, -0.1) is 0 Å². The SMILES string of the molecule is COc1ccc2c(c1)c(C1=Cc3ccccc3C1)cn2CC(=O)N1CCN(Cc2ccccc2)CC1. The summed E-state index contributed by atoms with van der Waals surface area (Å²) in [5, 5.41) is 1.13. The Kier molecular flexibility index (Phi) is 6.08. The molecule has 0 bridgehead atoms. The van der Waals surface area contributed by atoms with Crippen molar-refractivity contribution >= 4 is 28.5 Å². The van der Waals surface area contributed by atoms with E-state index in [4.69, 9.17) is 4.74 Å². The van der Waals surface area contributed by atoms with E-state index < -0.39 is 0 Å². The number of ether oxygens (including phenoxy) is 1. The van der Waals surface area contributed by atoms with E-state index in [0.717, 1.165) is 55.8 Å². The molecule has 0 atom stereocenters. The highest BCUT2D eigenvalue weighted by Gasteiger charge is 2.23. The van der Waals surface area contributed by atoms with Gasteiger partial charge in [0.25, 0.3) is 0 Å². The third-order valence-electron chi connectivity index (χ3n) is 7.48. The van der Waals surface area contributed by atoms with Crippen LogP contribution in [-0.4, -0.2) is 53.6 Å². The summed E-state index contributed by atoms with van der Waals surface area (Å²) in [6.07, 6.45) is 5.34. The van der Waals surface area contributed by atoms with Crippen molar-refractivity contribution in [2.45, 2.75) is 19.5 Å². The van der Waals surface area contributed by atoms with Crippen molar-refractivity contribution in [2.75, 3.05) is 33.3 Å². The van der Waals surface area contributed by atoms with E-state index in [1.165, 1.54) is 27.8 Å². The standard InChI is InChI=1S/C31H31N3O2/c1-36-27-11-12-30-28(19-27)29(26-17-24-9-5-6-10-25(24)18-26)21-34(30)22-31(35)33-15-13-32(14-16-33)20-23-7-3-2-4-8-23/h2-12,17,19,21H,13-16,18,20,22H2,1H3. The lowest BCUT2D eigenvalue weighted by Crippen LogP contribution is -2.49. The highest BCUT2D eigenvalue weighted by Crippen LogP contribution is 2.37. The molecule has 0 saturated carbocycles. The number of benzene rings is 3. The molecule has 1 aliphatic carbocycles. The molecule has 1 saturated heterocycles. The van der Waals surface area contributed by atoms with Crippen molar-refractivity contribution in [1.82, 2.24) is 14.4 Å². The van der Waals surface area contributed by atoms with E-state index in [1.807, 2.05) is 11.0 Å². The zero-order valence-electron chi connectivity index (χ0n) is 20.7. The van der Waals surface area contributed by atoms with Gasteiger partial charge in [-0.1, -0.05) is 60.7 Å². The third-order valence-corrected chi connectivity index (χ3v) is 7.48. The Bertz CT molecular complexity index is 1430. The minimum atomic E-state index is 0.178. The van der Waals surface area contributed by atoms with Crippen molar-refractivity contribution in [1.29, 1.82) is 0 Å². The molecule has 4 aromatic rings. The van der Waals surface area contributed by atoms with Crippen LogP contribution in [0.1, 0.15) is 22.3 Å². The maximum atomic E-state index is 13.4. The van der Waals surface area contributed by atoms with Crippen LogP contribution in [0.3, 0.4) is 0 Å². The molecule has 6 rings (SSSR count). The van der Waals surface area contributed by atoms with Crippen LogP contribution in [0.5, 0.6) is 5.75 Å². The van der Waals surface area contributed by atoms with Crippen molar-refractivity contribution in [2.24, 2.45) is 0 Å². The second-order valence-corrected chi connectivity index (χ2v) is 9.74. The van der Waals surface area contributed by atoms with Crippen molar-refractivity contribution in [3.05, 3.63) is 101 Å². The van der Waals surface area contributed by atoms with E-state index in [0.29, 0.717) is 6.54 Å². The number of piperazine rings is 1. The number of allylic oxidation sites excluding steroid dienone is 1. The highest BCUT2D eigenvalue weighted by molar-refractivity contribution is 6.01. The molecule has 1 aromatic heterocycles. The number of fused-ring (bicyclic) bond motifs is 2. The molecular formula is C31H31N3O2. The minimum Gasteiger partial charge on any atom is -0.497 e. The van der Waals surface area contributed by atoms with Crippen molar-refractivity contribution < 1.29 is 9.53 Å². The fourth-order valence-corrected chi connectivity index (χ4v) is 5.49. The maximum Gasteiger partial charge on any atom is 0.242 e. The average molecular weight is 478 g/mol. The number of nitrogens with zero attached hydrogens (tertiary/aromatic N) is 3. The number of hydrogen-bond donors (Lipinski definition) is 0. The van der Waals surface area contributed by atoms with Gasteiger partial charge in [0.15, 0.2) is 0 Å². The number of carbonyl (C=O) groups is 1. The maximum absolute atomic E-state index is 13.4. The third kappa shape index (κ3) is 4.42. The fraction of sp³-hybridized carbons (Fsp3) is 0.258. The largest absolute Gasteiger partial charge is 0.497 e. The molecule has 0 spiro atoms. The Hall–Kier alpha value is -3.83. The zero-order valence-corrected chi connectivity index (χ0v) is 20.7. The summed E-state index contributed by atoms with van der Waals surface area (Å²) < 4.78 is 7.65. The predicted octanol–water partition coefficient (Wildman–Crippen LogP) is 5.09. The summed E-state index contributed by atoms with van der Waals surface area (Å²) in [5.41, 5.74) is 7.48. The van der Waals surface area contributed by atoms with Crippen LogP contribution in [0.15, 0.2) is 79.0 Å². The smallest absolute Gasteiger partial charge is 0.242 e. The van der Waals surface area contributed by atoms with Crippen LogP contribution >= 0.6 is 0 Å². The van der Waals surface area contributed by atoms with E-state index in [-0.39, 0.29) is 5.91 Å². The van der Waals surface area contributed by atoms with Crippen LogP contribution in [0, 0.1) is 0 Å². The Balaban J connectivity index is 1.20. The molecule has 1 amide bonds. The van der Waals surface area contributed by atoms with Gasteiger partial charge in [0.05, 0.1) is 7.11 Å². The van der Waals surface area contributed by atoms with Crippen LogP contribution in [-0.2, 0) is 24.3 Å². The first-order valence-corrected chi connectivity index (χ1v) is 12.7. The normalized spacial score (nSPS) is 15.7. The fourth-order valence-electron chi connectivity index (χ4n) is 5.49. The van der Waals surface area contributed by atoms with Crippen LogP contribution in [0.25, 0.3) is 22.6 Å². The van der Waals surface area contributed by atoms with Crippen molar-refractivity contribution in [3.63, 3.8) is 0 Å². The van der Waals surface area contributed by atoms with Gasteiger partial charge in [0.1, 0.15) is 12.3 Å². The summed E-state index contributed by atoms with van der Waals surface area (Å²) in [5.74, 6) is 1.01. The molecule has 2 aliphatic rings. The van der Waals surface area contributed by atoms with Gasteiger partial charge in [-0.3, -0.25) is 9.69 Å². The molecule has 1 aliphatic heterocycles. The predicted molar refractivity (Wildman–Crippen MR) is 145 cm³/mol. The number of amides is 1. The first-order chi connectivity index (χ1) is 17.7. The number of rotatable bonds is 6. The summed E-state index contributed by atoms with van der Waals surface area (Å²) in [7, 11) is 1.70. The Morgan fingerprint density at radius 2 is 1.69 bits per heavy atom. The Morgan fingerprint density at radius 3 is 2.47 bits per heavy atom. The lowest BCUT2D eigenvalue weighted by atomic mass is 10.0. The van der Waals surface area contributed by atoms with Gasteiger partial charge in [-0.25, -0.2) is 0 Å². The van der Waals surface area contributed by atoms with Gasteiger partial charge in [0.2, 0.25) is 5.91 Å². The average Bonchev–Trinajstić information content (AvgIpc) is 3.51. The van der Waals surface area contributed by atoms with E-state index in [2.05, 4.69) is 88.5 Å². The topological polar surface area (TPSA) is 37.7 Å². The van der Waals surface area contributed by atoms with E-state index >= 15 is 0 Å². The molecule has 0 N–H and O–H groups in total. The summed E-state index contributed by atoms with van der Waals surface area (Å²) in [4.78, 5) is 17.8. The zero-order chi connectivity index (χ0) is 24.5. The second kappa shape index (κ2) is 9.67. The molecule has 2 heterocycles. The first-order valence-electron chi connectivity index (χ1n) is 12.7. The van der Waals surface area contributed by atoms with E-state index in [1.54, 1.807) is 7.11 Å². The molecule has 1 fully saturated rings. The second-order valence-electron chi connectivity index (χ2n) is 9.74. The number of methoxy groups -OCH3 is 1. The lowest BCUT2D eigenvalue weighted by molar-refractivity contribution is -0.133. The number of hydrogen-bond acceptors (Lipinski definition) is 3. The first kappa shape index (κ1) is 22.6. The quantitative estimate of drug-likeness (QED) is 0.388. The molecular weight excluding hydrogens is 446 g/mol. The van der Waals surface area contributed by atoms with Crippen LogP contribution in [0.2, 0.25) is 0 Å². The Labute approximate surface area is 212 Å². The van der Waals surface area contributed by atoms with Gasteiger partial charge >= 0.3 is 0 Å². The van der Waals surface area contributed by atoms with Gasteiger partial charge in [-0.2, -0.15) is 0 Å². The molecule has 3 aromatic carbocycles. The monoisotopic (exact) mass is 477 g/mol. The highest BCUT2D eigenvalue weighted by atomic mass is 16.5. The van der Waals surface area contributed by atoms with Crippen molar-refractivity contribution in [3.8, 4) is 5.75 Å². The summed E-state index contributed by atoms with van der Waals surface area (Å²) in [6.45, 7) is 4.63. The molecule has 5 nitrogen and oxygen atoms in total. The minimum absolute atomic E-state index is 0.178. The van der Waals surface area contributed by atoms with E-state index in [9.17, 15) is 4.79 Å². The molecule has 5 heteroatoms. The van der Waals surface area contributed by atoms with Crippen LogP contribution in [0.4, 0.5) is 0 Å². The lowest BCUT2D eigenvalue weighted by Gasteiger charge is -2.35. The number of carbonyl (C=O) groups excluding carboxylic acids is 1. The number of aromatic nitrogens is 1. The molecule has 36 heavy (non-hydrogen) atoms. The molecule has 0 unspecified atom stereocenters. The van der Waals surface area contributed by atoms with Gasteiger partial charge < -0.3 is 14.2 Å². The Morgan fingerprint density at radius 1 is 0.917 bits per heavy atom. The van der Waals surface area contributed by atoms with Crippen LogP contribution < -0.4 is 4.74 Å². The molecule has 182 valence electrons.